The zero-order valence-corrected chi connectivity index (χ0v) is 16.7. The molecule has 2 aromatic carbocycles. The molecule has 2 N–H and O–H groups in total. The van der Waals surface area contributed by atoms with E-state index in [-0.39, 0.29) is 5.43 Å². The lowest BCUT2D eigenvalue weighted by Gasteiger charge is -2.14. The van der Waals surface area contributed by atoms with E-state index in [1.54, 1.807) is 48.3 Å². The molecular weight excluding hydrogens is 402 g/mol. The zero-order valence-electron chi connectivity index (χ0n) is 16.0. The molecule has 8 heteroatoms. The highest BCUT2D eigenvalue weighted by atomic mass is 35.5. The first kappa shape index (κ1) is 19.4. The topological polar surface area (TPSA) is 107 Å². The summed E-state index contributed by atoms with van der Waals surface area (Å²) in [4.78, 5) is 11.5. The van der Waals surface area contributed by atoms with Gasteiger partial charge in [-0.05, 0) is 29.8 Å². The van der Waals surface area contributed by atoms with Crippen LogP contribution in [0.4, 0.5) is 5.69 Å². The van der Waals surface area contributed by atoms with Crippen LogP contribution in [0.2, 0.25) is 5.02 Å². The first-order chi connectivity index (χ1) is 14.5. The molecule has 0 radical (unpaired) electrons. The molecule has 0 atom stereocenters. The maximum absolute atomic E-state index is 11.5. The van der Waals surface area contributed by atoms with Gasteiger partial charge < -0.3 is 15.0 Å². The van der Waals surface area contributed by atoms with Gasteiger partial charge in [0, 0.05) is 41.7 Å². The van der Waals surface area contributed by atoms with E-state index in [9.17, 15) is 10.1 Å². The first-order valence-corrected chi connectivity index (χ1v) is 9.38. The number of anilines is 1. The second-order valence-corrected chi connectivity index (χ2v) is 7.03. The van der Waals surface area contributed by atoms with E-state index in [1.165, 1.54) is 12.1 Å². The van der Waals surface area contributed by atoms with Gasteiger partial charge >= 0.3 is 0 Å². The van der Waals surface area contributed by atoms with E-state index >= 15 is 0 Å². The van der Waals surface area contributed by atoms with Gasteiger partial charge in [-0.2, -0.15) is 10.4 Å². The van der Waals surface area contributed by atoms with Crippen molar-refractivity contribution in [3.05, 3.63) is 86.9 Å². The Kier molecular flexibility index (Phi) is 5.09. The number of nitrogens with zero attached hydrogens (tertiary/aromatic N) is 4. The molecule has 0 bridgehead atoms. The third kappa shape index (κ3) is 3.45. The normalized spacial score (nSPS) is 10.7. The summed E-state index contributed by atoms with van der Waals surface area (Å²) in [5, 5.41) is 20.1. The number of halogens is 1. The van der Waals surface area contributed by atoms with Crippen molar-refractivity contribution in [3.63, 3.8) is 0 Å². The molecule has 0 amide bonds. The Morgan fingerprint density at radius 3 is 2.60 bits per heavy atom. The standard InChI is InChI=1S/C22H16ClN5O2/c1-30-19-5-2-13(10-17(19)23)11-18-20-16(4-3-14(12-24)21(20)25)22(27-26-18)28-8-6-15(29)7-9-28/h2-10H,11,25H2,1H3. The van der Waals surface area contributed by atoms with Crippen molar-refractivity contribution >= 4 is 28.1 Å². The van der Waals surface area contributed by atoms with Crippen LogP contribution in [-0.2, 0) is 6.42 Å². The average Bonchev–Trinajstić information content (AvgIpc) is 2.75. The number of methoxy groups -OCH3 is 1. The molecule has 0 saturated carbocycles. The molecule has 0 fully saturated rings. The number of nitriles is 1. The Balaban J connectivity index is 1.91. The van der Waals surface area contributed by atoms with Gasteiger partial charge in [0.15, 0.2) is 11.2 Å². The minimum Gasteiger partial charge on any atom is -0.495 e. The molecule has 2 heterocycles. The maximum Gasteiger partial charge on any atom is 0.181 e. The lowest BCUT2D eigenvalue weighted by atomic mass is 10.00. The summed E-state index contributed by atoms with van der Waals surface area (Å²) >= 11 is 6.25. The lowest BCUT2D eigenvalue weighted by Crippen LogP contribution is -2.08. The van der Waals surface area contributed by atoms with Gasteiger partial charge in [0.2, 0.25) is 0 Å². The van der Waals surface area contributed by atoms with Crippen molar-refractivity contribution in [3.8, 4) is 17.6 Å². The minimum absolute atomic E-state index is 0.109. The molecule has 2 aromatic heterocycles. The molecule has 148 valence electrons. The van der Waals surface area contributed by atoms with Crippen LogP contribution in [0.5, 0.6) is 5.75 Å². The van der Waals surface area contributed by atoms with Gasteiger partial charge in [-0.25, -0.2) is 0 Å². The molecule has 4 rings (SSSR count). The van der Waals surface area contributed by atoms with Crippen molar-refractivity contribution in [1.29, 1.82) is 5.26 Å². The SMILES string of the molecule is COc1ccc(Cc2nnc(-n3ccc(=O)cc3)c3ccc(C#N)c(N)c23)cc1Cl. The highest BCUT2D eigenvalue weighted by Crippen LogP contribution is 2.32. The average molecular weight is 418 g/mol. The van der Waals surface area contributed by atoms with Crippen LogP contribution in [-0.4, -0.2) is 21.9 Å². The largest absolute Gasteiger partial charge is 0.495 e. The number of nitrogen functional groups attached to an aromatic ring is 1. The van der Waals surface area contributed by atoms with Gasteiger partial charge in [0.1, 0.15) is 11.8 Å². The second kappa shape index (κ2) is 7.85. The molecule has 0 spiro atoms. The van der Waals surface area contributed by atoms with Crippen molar-refractivity contribution in [2.24, 2.45) is 0 Å². The maximum atomic E-state index is 11.5. The highest BCUT2D eigenvalue weighted by Gasteiger charge is 2.16. The molecule has 4 aromatic rings. The fourth-order valence-electron chi connectivity index (χ4n) is 3.31. The van der Waals surface area contributed by atoms with Crippen molar-refractivity contribution in [2.45, 2.75) is 6.42 Å². The molecule has 0 aliphatic carbocycles. The second-order valence-electron chi connectivity index (χ2n) is 6.62. The number of hydrogen-bond donors (Lipinski definition) is 1. The van der Waals surface area contributed by atoms with Gasteiger partial charge in [-0.1, -0.05) is 17.7 Å². The van der Waals surface area contributed by atoms with Gasteiger partial charge in [-0.3, -0.25) is 4.79 Å². The summed E-state index contributed by atoms with van der Waals surface area (Å²) in [6, 6.07) is 13.9. The molecule has 0 unspecified atom stereocenters. The van der Waals surface area contributed by atoms with E-state index in [0.717, 1.165) is 10.9 Å². The summed E-state index contributed by atoms with van der Waals surface area (Å²) in [6.45, 7) is 0. The van der Waals surface area contributed by atoms with Crippen LogP contribution in [0.25, 0.3) is 16.6 Å². The number of benzene rings is 2. The summed E-state index contributed by atoms with van der Waals surface area (Å²) in [5.41, 5.74) is 8.43. The third-order valence-electron chi connectivity index (χ3n) is 4.79. The van der Waals surface area contributed by atoms with E-state index in [2.05, 4.69) is 16.3 Å². The van der Waals surface area contributed by atoms with Crippen molar-refractivity contribution < 1.29 is 4.74 Å². The van der Waals surface area contributed by atoms with Gasteiger partial charge in [0.05, 0.1) is 29.1 Å². The number of ether oxygens (including phenoxy) is 1. The summed E-state index contributed by atoms with van der Waals surface area (Å²) in [6.07, 6.45) is 3.64. The smallest absolute Gasteiger partial charge is 0.181 e. The molecule has 0 aliphatic heterocycles. The van der Waals surface area contributed by atoms with Crippen LogP contribution in [0.3, 0.4) is 0 Å². The molecule has 0 aliphatic rings. The third-order valence-corrected chi connectivity index (χ3v) is 5.09. The molecular formula is C22H16ClN5O2. The quantitative estimate of drug-likeness (QED) is 0.509. The van der Waals surface area contributed by atoms with Crippen molar-refractivity contribution in [1.82, 2.24) is 14.8 Å². The van der Waals surface area contributed by atoms with Crippen LogP contribution < -0.4 is 15.9 Å². The minimum atomic E-state index is -0.109. The monoisotopic (exact) mass is 417 g/mol. The first-order valence-electron chi connectivity index (χ1n) is 9.00. The Bertz CT molecular complexity index is 1350. The number of aromatic nitrogens is 3. The van der Waals surface area contributed by atoms with Crippen LogP contribution >= 0.6 is 11.6 Å². The Labute approximate surface area is 176 Å². The number of rotatable bonds is 4. The summed E-state index contributed by atoms with van der Waals surface area (Å²) in [5.74, 6) is 1.09. The zero-order chi connectivity index (χ0) is 21.3. The summed E-state index contributed by atoms with van der Waals surface area (Å²) in [7, 11) is 1.56. The van der Waals surface area contributed by atoms with E-state index < -0.39 is 0 Å². The molecule has 0 saturated heterocycles. The highest BCUT2D eigenvalue weighted by molar-refractivity contribution is 6.32. The van der Waals surface area contributed by atoms with E-state index in [0.29, 0.717) is 45.3 Å². The van der Waals surface area contributed by atoms with Crippen molar-refractivity contribution in [2.75, 3.05) is 12.8 Å². The molecule has 7 nitrogen and oxygen atoms in total. The number of hydrogen-bond acceptors (Lipinski definition) is 6. The Morgan fingerprint density at radius 2 is 1.93 bits per heavy atom. The molecule has 30 heavy (non-hydrogen) atoms. The van der Waals surface area contributed by atoms with Crippen LogP contribution in [0.15, 0.2) is 59.7 Å². The van der Waals surface area contributed by atoms with Gasteiger partial charge in [-0.15, -0.1) is 5.10 Å². The predicted molar refractivity (Wildman–Crippen MR) is 115 cm³/mol. The number of fused-ring (bicyclic) bond motifs is 1. The lowest BCUT2D eigenvalue weighted by molar-refractivity contribution is 0.415. The fraction of sp³-hybridized carbons (Fsp3) is 0.0909. The number of pyridine rings is 1. The van der Waals surface area contributed by atoms with E-state index in [4.69, 9.17) is 22.1 Å². The van der Waals surface area contributed by atoms with E-state index in [1.807, 2.05) is 6.07 Å². The van der Waals surface area contributed by atoms with Crippen LogP contribution in [0.1, 0.15) is 16.8 Å². The van der Waals surface area contributed by atoms with Gasteiger partial charge in [0.25, 0.3) is 0 Å². The Morgan fingerprint density at radius 1 is 1.17 bits per heavy atom. The van der Waals surface area contributed by atoms with Crippen LogP contribution in [0, 0.1) is 11.3 Å². The fourth-order valence-corrected chi connectivity index (χ4v) is 3.59. The Hall–Kier alpha value is -3.89. The predicted octanol–water partition coefficient (Wildman–Crippen LogP) is 3.49. The number of nitrogens with two attached hydrogens (primary N) is 1. The summed E-state index contributed by atoms with van der Waals surface area (Å²) < 4.78 is 6.89.